The summed E-state index contributed by atoms with van der Waals surface area (Å²) in [4.78, 5) is 42.2. The fourth-order valence-electron chi connectivity index (χ4n) is 2.85. The highest BCUT2D eigenvalue weighted by atomic mass is 35.5. The molecule has 136 valence electrons. The van der Waals surface area contributed by atoms with Crippen LogP contribution in [0.1, 0.15) is 40.6 Å². The molecule has 0 radical (unpaired) electrons. The Morgan fingerprint density at radius 3 is 2.65 bits per heavy atom. The molecule has 2 heterocycles. The molecule has 0 saturated carbocycles. The van der Waals surface area contributed by atoms with Gasteiger partial charge in [-0.25, -0.2) is 4.98 Å². The highest BCUT2D eigenvalue weighted by molar-refractivity contribution is 7.14. The normalized spacial score (nSPS) is 17.0. The molecular formula is C18H18ClN3O3S. The number of anilines is 1. The summed E-state index contributed by atoms with van der Waals surface area (Å²) in [5.41, 5.74) is 0.898. The third-order valence-corrected chi connectivity index (χ3v) is 5.28. The summed E-state index contributed by atoms with van der Waals surface area (Å²) in [7, 11) is 0. The lowest BCUT2D eigenvalue weighted by Gasteiger charge is -2.32. The third-order valence-electron chi connectivity index (χ3n) is 4.27. The van der Waals surface area contributed by atoms with Crippen LogP contribution in [-0.2, 0) is 4.79 Å². The zero-order chi connectivity index (χ0) is 18.7. The summed E-state index contributed by atoms with van der Waals surface area (Å²) in [6.45, 7) is 2.41. The van der Waals surface area contributed by atoms with Crippen molar-refractivity contribution in [2.75, 3.05) is 18.4 Å². The summed E-state index contributed by atoms with van der Waals surface area (Å²) in [5, 5.41) is 5.35. The van der Waals surface area contributed by atoms with Crippen molar-refractivity contribution >= 4 is 45.7 Å². The number of nitrogens with zero attached hydrogens (tertiary/aromatic N) is 2. The highest BCUT2D eigenvalue weighted by Crippen LogP contribution is 2.22. The Kier molecular flexibility index (Phi) is 5.68. The maximum absolute atomic E-state index is 12.6. The van der Waals surface area contributed by atoms with Crippen molar-refractivity contribution < 1.29 is 14.4 Å². The van der Waals surface area contributed by atoms with Crippen molar-refractivity contribution in [2.24, 2.45) is 5.92 Å². The van der Waals surface area contributed by atoms with Crippen LogP contribution in [0.2, 0.25) is 5.02 Å². The Morgan fingerprint density at radius 2 is 2.00 bits per heavy atom. The van der Waals surface area contributed by atoms with E-state index in [1.807, 2.05) is 0 Å². The van der Waals surface area contributed by atoms with E-state index in [-0.39, 0.29) is 23.5 Å². The van der Waals surface area contributed by atoms with E-state index in [1.54, 1.807) is 34.5 Å². The predicted octanol–water partition coefficient (Wildman–Crippen LogP) is 3.49. The Hall–Kier alpha value is -2.25. The van der Waals surface area contributed by atoms with Crippen LogP contribution in [0, 0.1) is 5.92 Å². The van der Waals surface area contributed by atoms with Gasteiger partial charge in [0.1, 0.15) is 5.69 Å². The molecule has 1 aliphatic heterocycles. The zero-order valence-electron chi connectivity index (χ0n) is 14.2. The van der Waals surface area contributed by atoms with Crippen molar-refractivity contribution in [3.63, 3.8) is 0 Å². The van der Waals surface area contributed by atoms with Gasteiger partial charge >= 0.3 is 0 Å². The fraction of sp³-hybridized carbons (Fsp3) is 0.333. The molecule has 0 spiro atoms. The number of aromatic nitrogens is 1. The SMILES string of the molecule is CC(=O)c1csc(NC(=O)[C@H]2CCCN(C(=O)c3ccc(Cl)cc3)C2)n1. The number of halogens is 1. The minimum Gasteiger partial charge on any atom is -0.338 e. The second-order valence-electron chi connectivity index (χ2n) is 6.18. The minimum absolute atomic E-state index is 0.104. The van der Waals surface area contributed by atoms with Crippen LogP contribution >= 0.6 is 22.9 Å². The number of rotatable bonds is 4. The zero-order valence-corrected chi connectivity index (χ0v) is 15.8. The molecular weight excluding hydrogens is 374 g/mol. The summed E-state index contributed by atoms with van der Waals surface area (Å²) in [5.74, 6) is -0.723. The molecule has 26 heavy (non-hydrogen) atoms. The van der Waals surface area contributed by atoms with Crippen LogP contribution in [-0.4, -0.2) is 40.6 Å². The summed E-state index contributed by atoms with van der Waals surface area (Å²) < 4.78 is 0. The van der Waals surface area contributed by atoms with Gasteiger partial charge in [0.15, 0.2) is 10.9 Å². The van der Waals surface area contributed by atoms with Gasteiger partial charge in [-0.1, -0.05) is 11.6 Å². The number of ketones is 1. The minimum atomic E-state index is -0.301. The Bertz CT molecular complexity index is 834. The lowest BCUT2D eigenvalue weighted by Crippen LogP contribution is -2.43. The van der Waals surface area contributed by atoms with Crippen molar-refractivity contribution in [1.82, 2.24) is 9.88 Å². The first-order valence-corrected chi connectivity index (χ1v) is 9.52. The van der Waals surface area contributed by atoms with Crippen LogP contribution in [0.15, 0.2) is 29.6 Å². The average molecular weight is 392 g/mol. The number of carbonyl (C=O) groups excluding carboxylic acids is 3. The molecule has 1 saturated heterocycles. The van der Waals surface area contributed by atoms with Crippen LogP contribution in [0.5, 0.6) is 0 Å². The number of thiazole rings is 1. The Balaban J connectivity index is 1.63. The van der Waals surface area contributed by atoms with Crippen molar-refractivity contribution in [2.45, 2.75) is 19.8 Å². The number of benzene rings is 1. The number of carbonyl (C=O) groups is 3. The van der Waals surface area contributed by atoms with Crippen molar-refractivity contribution in [3.05, 3.63) is 45.9 Å². The lowest BCUT2D eigenvalue weighted by atomic mass is 9.96. The number of Topliss-reactive ketones (excluding diaryl/α,β-unsaturated/α-hetero) is 1. The van der Waals surface area contributed by atoms with E-state index in [4.69, 9.17) is 11.6 Å². The Labute approximate surface area is 160 Å². The van der Waals surface area contributed by atoms with E-state index in [2.05, 4.69) is 10.3 Å². The molecule has 2 aromatic rings. The number of hydrogen-bond acceptors (Lipinski definition) is 5. The molecule has 1 N–H and O–H groups in total. The molecule has 8 heteroatoms. The van der Waals surface area contributed by atoms with Gasteiger partial charge in [0, 0.05) is 36.0 Å². The van der Waals surface area contributed by atoms with E-state index in [0.29, 0.717) is 40.9 Å². The average Bonchev–Trinajstić information content (AvgIpc) is 3.11. The number of amides is 2. The molecule has 2 amide bonds. The van der Waals surface area contributed by atoms with E-state index in [1.165, 1.54) is 18.3 Å². The first-order valence-electron chi connectivity index (χ1n) is 8.26. The van der Waals surface area contributed by atoms with E-state index in [9.17, 15) is 14.4 Å². The van der Waals surface area contributed by atoms with Gasteiger partial charge in [0.25, 0.3) is 5.91 Å². The molecule has 1 aromatic carbocycles. The number of nitrogens with one attached hydrogen (secondary N) is 1. The molecule has 1 fully saturated rings. The maximum atomic E-state index is 12.6. The molecule has 0 bridgehead atoms. The third kappa shape index (κ3) is 4.28. The monoisotopic (exact) mass is 391 g/mol. The summed E-state index contributed by atoms with van der Waals surface area (Å²) >= 11 is 7.08. The van der Waals surface area contributed by atoms with E-state index < -0.39 is 0 Å². The lowest BCUT2D eigenvalue weighted by molar-refractivity contribution is -0.121. The van der Waals surface area contributed by atoms with Gasteiger partial charge in [0.2, 0.25) is 5.91 Å². The quantitative estimate of drug-likeness (QED) is 0.809. The van der Waals surface area contributed by atoms with Gasteiger partial charge in [-0.3, -0.25) is 14.4 Å². The van der Waals surface area contributed by atoms with Gasteiger partial charge in [-0.15, -0.1) is 11.3 Å². The molecule has 1 aromatic heterocycles. The van der Waals surface area contributed by atoms with Crippen LogP contribution < -0.4 is 5.32 Å². The summed E-state index contributed by atoms with van der Waals surface area (Å²) in [6.07, 6.45) is 1.47. The smallest absolute Gasteiger partial charge is 0.253 e. The van der Waals surface area contributed by atoms with Gasteiger partial charge in [-0.2, -0.15) is 0 Å². The molecule has 3 rings (SSSR count). The second-order valence-corrected chi connectivity index (χ2v) is 7.48. The number of likely N-dealkylation sites (tertiary alicyclic amines) is 1. The van der Waals surface area contributed by atoms with Gasteiger partial charge < -0.3 is 10.2 Å². The van der Waals surface area contributed by atoms with Gasteiger partial charge in [0.05, 0.1) is 5.92 Å². The summed E-state index contributed by atoms with van der Waals surface area (Å²) in [6, 6.07) is 6.73. The van der Waals surface area contributed by atoms with Crippen molar-refractivity contribution in [1.29, 1.82) is 0 Å². The molecule has 1 atom stereocenters. The fourth-order valence-corrected chi connectivity index (χ4v) is 3.73. The number of piperidine rings is 1. The molecule has 1 aliphatic rings. The Morgan fingerprint density at radius 1 is 1.27 bits per heavy atom. The van der Waals surface area contributed by atoms with Crippen molar-refractivity contribution in [3.8, 4) is 0 Å². The predicted molar refractivity (Wildman–Crippen MR) is 101 cm³/mol. The topological polar surface area (TPSA) is 79.4 Å². The van der Waals surface area contributed by atoms with Crippen LogP contribution in [0.3, 0.4) is 0 Å². The second kappa shape index (κ2) is 7.97. The van der Waals surface area contributed by atoms with Crippen LogP contribution in [0.25, 0.3) is 0 Å². The van der Waals surface area contributed by atoms with E-state index in [0.717, 1.165) is 6.42 Å². The largest absolute Gasteiger partial charge is 0.338 e. The first kappa shape index (κ1) is 18.5. The van der Waals surface area contributed by atoms with Crippen LogP contribution in [0.4, 0.5) is 5.13 Å². The first-order chi connectivity index (χ1) is 12.4. The van der Waals surface area contributed by atoms with Gasteiger partial charge in [-0.05, 0) is 37.1 Å². The molecule has 0 unspecified atom stereocenters. The highest BCUT2D eigenvalue weighted by Gasteiger charge is 2.29. The molecule has 6 nitrogen and oxygen atoms in total. The maximum Gasteiger partial charge on any atom is 0.253 e. The van der Waals surface area contributed by atoms with E-state index >= 15 is 0 Å². The molecule has 0 aliphatic carbocycles. The number of hydrogen-bond donors (Lipinski definition) is 1. The standard InChI is InChI=1S/C18H18ClN3O3S/c1-11(23)15-10-26-18(20-15)21-16(24)13-3-2-8-22(9-13)17(25)12-4-6-14(19)7-5-12/h4-7,10,13H,2-3,8-9H2,1H3,(H,20,21,24)/t13-/m0/s1.